The van der Waals surface area contributed by atoms with Gasteiger partial charge in [0.15, 0.2) is 0 Å². The zero-order valence-corrected chi connectivity index (χ0v) is 8.76. The van der Waals surface area contributed by atoms with E-state index in [-0.39, 0.29) is 18.4 Å². The molecule has 6 heteroatoms. The molecule has 1 rings (SSSR count). The van der Waals surface area contributed by atoms with Crippen molar-refractivity contribution in [3.63, 3.8) is 0 Å². The zero-order valence-electron chi connectivity index (χ0n) is 7.24. The normalized spacial score (nSPS) is 9.50. The van der Waals surface area contributed by atoms with Crippen LogP contribution in [0.25, 0.3) is 0 Å². The fourth-order valence-corrected chi connectivity index (χ4v) is 0.959. The van der Waals surface area contributed by atoms with Crippen LogP contribution in [0, 0.1) is 0 Å². The third-order valence-electron chi connectivity index (χ3n) is 1.32. The van der Waals surface area contributed by atoms with Crippen LogP contribution < -0.4 is 29.0 Å². The second-order valence-electron chi connectivity index (χ2n) is 2.33. The Morgan fingerprint density at radius 3 is 2.57 bits per heavy atom. The standard InChI is InChI=1S/C8H9ClN4.ClH/c9-7-4-2-1-3-6(7)5-12-13-8(10)11;/h1-5H,(H4,10,11,13);1H/b12-5+;. The Labute approximate surface area is 93.1 Å². The van der Waals surface area contributed by atoms with Crippen molar-refractivity contribution in [1.29, 1.82) is 0 Å². The Bertz CT molecular complexity index is 345. The number of guanidine groups is 1. The first kappa shape index (κ1) is 12.7. The number of nitrogens with two attached hydrogens (primary N) is 2. The molecular weight excluding hydrogens is 223 g/mol. The molecule has 0 aliphatic heterocycles. The van der Waals surface area contributed by atoms with Crippen molar-refractivity contribution in [2.24, 2.45) is 16.6 Å². The Hall–Kier alpha value is -1.26. The van der Waals surface area contributed by atoms with Gasteiger partial charge in [-0.05, 0) is 12.1 Å². The number of halogens is 2. The quantitative estimate of drug-likeness (QED) is 0.277. The van der Waals surface area contributed by atoms with Crippen LogP contribution in [0.1, 0.15) is 5.56 Å². The molecule has 0 fully saturated rings. The average Bonchev–Trinajstić information content (AvgIpc) is 2.08. The van der Waals surface area contributed by atoms with Gasteiger partial charge in [-0.1, -0.05) is 23.7 Å². The molecular formula is C8H10Cl2N4. The summed E-state index contributed by atoms with van der Waals surface area (Å²) in [6.45, 7) is 0. The van der Waals surface area contributed by atoms with Crippen molar-refractivity contribution in [3.05, 3.63) is 34.9 Å². The lowest BCUT2D eigenvalue weighted by Crippen LogP contribution is -3.00. The van der Waals surface area contributed by atoms with E-state index in [0.717, 1.165) is 5.56 Å². The highest BCUT2D eigenvalue weighted by Crippen LogP contribution is 2.10. The van der Waals surface area contributed by atoms with Gasteiger partial charge >= 0.3 is 0 Å². The number of hydrazone groups is 1. The second kappa shape index (κ2) is 6.23. The van der Waals surface area contributed by atoms with Crippen LogP contribution in [-0.2, 0) is 0 Å². The van der Waals surface area contributed by atoms with E-state index in [9.17, 15) is 0 Å². The summed E-state index contributed by atoms with van der Waals surface area (Å²) in [5.74, 6) is -0.0247. The predicted octanol–water partition coefficient (Wildman–Crippen LogP) is -3.97. The molecule has 0 radical (unpaired) electrons. The van der Waals surface area contributed by atoms with E-state index in [1.807, 2.05) is 18.2 Å². The molecule has 0 aliphatic carbocycles. The first-order valence-electron chi connectivity index (χ1n) is 3.62. The van der Waals surface area contributed by atoms with E-state index in [1.54, 1.807) is 12.3 Å². The molecule has 0 heterocycles. The summed E-state index contributed by atoms with van der Waals surface area (Å²) in [6, 6.07) is 7.34. The van der Waals surface area contributed by atoms with Crippen molar-refractivity contribution in [1.82, 2.24) is 0 Å². The van der Waals surface area contributed by atoms with Crippen molar-refractivity contribution in [3.8, 4) is 0 Å². The first-order valence-corrected chi connectivity index (χ1v) is 4.00. The topological polar surface area (TPSA) is 78.4 Å². The molecule has 76 valence electrons. The molecule has 4 nitrogen and oxygen atoms in total. The predicted molar refractivity (Wildman–Crippen MR) is 53.4 cm³/mol. The van der Waals surface area contributed by atoms with Crippen molar-refractivity contribution in [2.45, 2.75) is 0 Å². The van der Waals surface area contributed by atoms with Crippen molar-refractivity contribution >= 4 is 23.8 Å². The fourth-order valence-electron chi connectivity index (χ4n) is 0.769. The molecule has 0 saturated carbocycles. The lowest BCUT2D eigenvalue weighted by atomic mass is 10.2. The van der Waals surface area contributed by atoms with E-state index >= 15 is 0 Å². The third-order valence-corrected chi connectivity index (χ3v) is 1.66. The molecule has 14 heavy (non-hydrogen) atoms. The minimum absolute atomic E-state index is 0. The Morgan fingerprint density at radius 2 is 2.00 bits per heavy atom. The number of hydrogen-bond donors (Lipinski definition) is 3. The molecule has 5 N–H and O–H groups in total. The zero-order chi connectivity index (χ0) is 9.68. The maximum absolute atomic E-state index is 5.86. The minimum Gasteiger partial charge on any atom is -1.00 e. The van der Waals surface area contributed by atoms with Crippen LogP contribution >= 0.6 is 11.6 Å². The number of nitrogens with zero attached hydrogens (tertiary/aromatic N) is 1. The van der Waals surface area contributed by atoms with Gasteiger partial charge in [0, 0.05) is 5.10 Å². The maximum atomic E-state index is 5.86. The van der Waals surface area contributed by atoms with E-state index in [0.29, 0.717) is 5.02 Å². The van der Waals surface area contributed by atoms with E-state index in [2.05, 4.69) is 10.2 Å². The van der Waals surface area contributed by atoms with E-state index < -0.39 is 0 Å². The molecule has 0 spiro atoms. The first-order chi connectivity index (χ1) is 6.20. The summed E-state index contributed by atoms with van der Waals surface area (Å²) >= 11 is 5.86. The largest absolute Gasteiger partial charge is 1.00 e. The smallest absolute Gasteiger partial charge is 0.256 e. The summed E-state index contributed by atoms with van der Waals surface area (Å²) in [4.78, 5) is 0. The van der Waals surface area contributed by atoms with Gasteiger partial charge in [0.2, 0.25) is 6.21 Å². The molecule has 0 amide bonds. The Kier molecular flexibility index (Phi) is 5.67. The molecule has 0 saturated heterocycles. The third kappa shape index (κ3) is 4.11. The van der Waals surface area contributed by atoms with Crippen LogP contribution in [0.15, 0.2) is 29.4 Å². The summed E-state index contributed by atoms with van der Waals surface area (Å²) in [6.07, 6.45) is 1.61. The van der Waals surface area contributed by atoms with Crippen LogP contribution in [0.5, 0.6) is 0 Å². The summed E-state index contributed by atoms with van der Waals surface area (Å²) in [5, 5.41) is 6.78. The minimum atomic E-state index is -0.0247. The number of nitrogens with one attached hydrogen (secondary N) is 1. The Morgan fingerprint density at radius 1 is 1.36 bits per heavy atom. The molecule has 1 aromatic rings. The van der Waals surface area contributed by atoms with Gasteiger partial charge in [-0.3, -0.25) is 0 Å². The van der Waals surface area contributed by atoms with Gasteiger partial charge in [0.05, 0.1) is 10.6 Å². The molecule has 0 aromatic heterocycles. The fraction of sp³-hybridized carbons (Fsp3) is 0. The highest BCUT2D eigenvalue weighted by Gasteiger charge is 1.96. The van der Waals surface area contributed by atoms with Crippen LogP contribution in [0.3, 0.4) is 0 Å². The average molecular weight is 233 g/mol. The van der Waals surface area contributed by atoms with Crippen LogP contribution in [0.4, 0.5) is 0 Å². The molecule has 0 atom stereocenters. The van der Waals surface area contributed by atoms with Gasteiger partial charge in [-0.15, -0.1) is 5.10 Å². The highest BCUT2D eigenvalue weighted by molar-refractivity contribution is 6.32. The molecule has 0 bridgehead atoms. The molecule has 1 aromatic carbocycles. The van der Waals surface area contributed by atoms with Gasteiger partial charge < -0.3 is 23.9 Å². The van der Waals surface area contributed by atoms with Crippen molar-refractivity contribution in [2.75, 3.05) is 0 Å². The summed E-state index contributed by atoms with van der Waals surface area (Å²) < 4.78 is 0. The molecule has 0 aliphatic rings. The summed E-state index contributed by atoms with van der Waals surface area (Å²) in [5.41, 5.74) is 11.0. The maximum Gasteiger partial charge on any atom is 0.256 e. The SMILES string of the molecule is NC(N)=N/[NH+]=C/c1ccccc1Cl.[Cl-]. The number of benzene rings is 1. The van der Waals surface area contributed by atoms with E-state index in [4.69, 9.17) is 23.1 Å². The second-order valence-corrected chi connectivity index (χ2v) is 2.74. The Balaban J connectivity index is 0.00000169. The van der Waals surface area contributed by atoms with Gasteiger partial charge in [-0.25, -0.2) is 0 Å². The van der Waals surface area contributed by atoms with Crippen LogP contribution in [-0.4, -0.2) is 12.2 Å². The van der Waals surface area contributed by atoms with Crippen LogP contribution in [0.2, 0.25) is 5.02 Å². The van der Waals surface area contributed by atoms with Gasteiger partial charge in [0.1, 0.15) is 0 Å². The van der Waals surface area contributed by atoms with E-state index in [1.165, 1.54) is 0 Å². The number of hydrogen-bond acceptors (Lipinski definition) is 1. The summed E-state index contributed by atoms with van der Waals surface area (Å²) in [7, 11) is 0. The highest BCUT2D eigenvalue weighted by atomic mass is 35.5. The van der Waals surface area contributed by atoms with Gasteiger partial charge in [0.25, 0.3) is 5.96 Å². The van der Waals surface area contributed by atoms with Crippen molar-refractivity contribution < 1.29 is 17.5 Å². The molecule has 0 unspecified atom stereocenters. The number of rotatable bonds is 2. The lowest BCUT2D eigenvalue weighted by molar-refractivity contribution is -0.456. The van der Waals surface area contributed by atoms with Gasteiger partial charge in [-0.2, -0.15) is 0 Å². The monoisotopic (exact) mass is 232 g/mol. The lowest BCUT2D eigenvalue weighted by Gasteiger charge is -1.90.